The van der Waals surface area contributed by atoms with Gasteiger partial charge in [-0.15, -0.1) is 0 Å². The maximum Gasteiger partial charge on any atom is 0.287 e. The average Bonchev–Trinajstić information content (AvgIpc) is 2.90. The maximum absolute atomic E-state index is 11.7. The molecule has 2 aromatic heterocycles. The molecule has 4 nitrogen and oxygen atoms in total. The summed E-state index contributed by atoms with van der Waals surface area (Å²) in [5, 5.41) is 2.80. The zero-order valence-corrected chi connectivity index (χ0v) is 11.0. The number of hydrogen-bond donors (Lipinski definition) is 2. The van der Waals surface area contributed by atoms with Gasteiger partial charge < -0.3 is 14.7 Å². The molecule has 0 saturated carbocycles. The minimum Gasteiger partial charge on any atom is -0.444 e. The Labute approximate surface area is 108 Å². The number of carbonyl (C=O) groups is 1. The number of furan rings is 1. The minimum atomic E-state index is -0.189. The van der Waals surface area contributed by atoms with Crippen LogP contribution in [0.25, 0.3) is 0 Å². The summed E-state index contributed by atoms with van der Waals surface area (Å²) in [6, 6.07) is 5.64. The lowest BCUT2D eigenvalue weighted by Crippen LogP contribution is -2.25. The topological polar surface area (TPSA) is 58.0 Å². The highest BCUT2D eigenvalue weighted by Crippen LogP contribution is 2.20. The molecule has 1 amide bonds. The molecule has 5 heteroatoms. The van der Waals surface area contributed by atoms with Crippen LogP contribution in [0.3, 0.4) is 0 Å². The molecular weight excluding hydrogens is 284 g/mol. The first-order chi connectivity index (χ1) is 8.16. The monoisotopic (exact) mass is 296 g/mol. The number of aromatic nitrogens is 1. The fourth-order valence-electron chi connectivity index (χ4n) is 1.49. The number of H-pyrrole nitrogens is 1. The molecule has 90 valence electrons. The van der Waals surface area contributed by atoms with Gasteiger partial charge in [-0.25, -0.2) is 0 Å². The minimum absolute atomic E-state index is 0.189. The van der Waals surface area contributed by atoms with E-state index in [0.29, 0.717) is 17.0 Å². The van der Waals surface area contributed by atoms with E-state index in [1.54, 1.807) is 6.07 Å². The maximum atomic E-state index is 11.7. The van der Waals surface area contributed by atoms with Crippen molar-refractivity contribution in [2.24, 2.45) is 0 Å². The van der Waals surface area contributed by atoms with E-state index in [1.807, 2.05) is 25.3 Å². The van der Waals surface area contributed by atoms with Crippen LogP contribution in [0.5, 0.6) is 0 Å². The number of nitrogens with one attached hydrogen (secondary N) is 2. The number of hydrogen-bond acceptors (Lipinski definition) is 2. The third-order valence-electron chi connectivity index (χ3n) is 2.42. The zero-order chi connectivity index (χ0) is 12.3. The van der Waals surface area contributed by atoms with Gasteiger partial charge in [-0.2, -0.15) is 0 Å². The lowest BCUT2D eigenvalue weighted by atomic mass is 10.3. The van der Waals surface area contributed by atoms with Gasteiger partial charge in [0.05, 0.1) is 0 Å². The van der Waals surface area contributed by atoms with Gasteiger partial charge in [0.1, 0.15) is 0 Å². The molecule has 0 aliphatic rings. The molecule has 2 rings (SSSR count). The van der Waals surface area contributed by atoms with Crippen LogP contribution in [0.15, 0.2) is 33.5 Å². The lowest BCUT2D eigenvalue weighted by Gasteiger charge is -2.01. The standard InChI is InChI=1S/C12H13BrN2O2/c1-8-7-10(17-11(8)13)12(16)15-6-4-9-3-2-5-14-9/h2-3,5,7,14H,4,6H2,1H3,(H,15,16). The Hall–Kier alpha value is -1.49. The second-order valence-corrected chi connectivity index (χ2v) is 4.49. The van der Waals surface area contributed by atoms with Gasteiger partial charge in [-0.05, 0) is 41.1 Å². The number of rotatable bonds is 4. The van der Waals surface area contributed by atoms with Crippen molar-refractivity contribution in [3.05, 3.63) is 46.1 Å². The Bertz CT molecular complexity index is 483. The lowest BCUT2D eigenvalue weighted by molar-refractivity contribution is 0.0925. The molecular formula is C12H13BrN2O2. The highest BCUT2D eigenvalue weighted by Gasteiger charge is 2.12. The van der Waals surface area contributed by atoms with Crippen LogP contribution < -0.4 is 5.32 Å². The fourth-order valence-corrected chi connectivity index (χ4v) is 1.78. The van der Waals surface area contributed by atoms with Crippen molar-refractivity contribution in [3.63, 3.8) is 0 Å². The number of amides is 1. The molecule has 2 N–H and O–H groups in total. The quantitative estimate of drug-likeness (QED) is 0.911. The largest absolute Gasteiger partial charge is 0.444 e. The van der Waals surface area contributed by atoms with Crippen molar-refractivity contribution in [3.8, 4) is 0 Å². The Morgan fingerprint density at radius 1 is 1.59 bits per heavy atom. The molecule has 0 bridgehead atoms. The van der Waals surface area contributed by atoms with E-state index in [4.69, 9.17) is 4.42 Å². The number of aromatic amines is 1. The van der Waals surface area contributed by atoms with Gasteiger partial charge in [0.15, 0.2) is 10.4 Å². The molecule has 0 atom stereocenters. The molecule has 0 aliphatic heterocycles. The highest BCUT2D eigenvalue weighted by atomic mass is 79.9. The molecule has 0 radical (unpaired) electrons. The van der Waals surface area contributed by atoms with Gasteiger partial charge in [0, 0.05) is 30.4 Å². The average molecular weight is 297 g/mol. The summed E-state index contributed by atoms with van der Waals surface area (Å²) in [4.78, 5) is 14.8. The smallest absolute Gasteiger partial charge is 0.287 e. The zero-order valence-electron chi connectivity index (χ0n) is 9.42. The van der Waals surface area contributed by atoms with Crippen LogP contribution in [-0.4, -0.2) is 17.4 Å². The molecule has 0 spiro atoms. The van der Waals surface area contributed by atoms with E-state index in [0.717, 1.165) is 17.7 Å². The number of halogens is 1. The van der Waals surface area contributed by atoms with Crippen molar-refractivity contribution in [2.45, 2.75) is 13.3 Å². The summed E-state index contributed by atoms with van der Waals surface area (Å²) < 4.78 is 5.86. The van der Waals surface area contributed by atoms with E-state index in [-0.39, 0.29) is 5.91 Å². The Balaban J connectivity index is 1.85. The molecule has 0 aromatic carbocycles. The van der Waals surface area contributed by atoms with E-state index in [2.05, 4.69) is 26.2 Å². The molecule has 2 aromatic rings. The summed E-state index contributed by atoms with van der Waals surface area (Å²) in [6.45, 7) is 2.46. The first-order valence-electron chi connectivity index (χ1n) is 5.33. The first-order valence-corrected chi connectivity index (χ1v) is 6.12. The van der Waals surface area contributed by atoms with Gasteiger partial charge in [0.2, 0.25) is 0 Å². The van der Waals surface area contributed by atoms with Crippen LogP contribution in [-0.2, 0) is 6.42 Å². The predicted octanol–water partition coefficient (Wildman–Crippen LogP) is 2.65. The van der Waals surface area contributed by atoms with Crippen LogP contribution in [0.4, 0.5) is 0 Å². The van der Waals surface area contributed by atoms with Crippen molar-refractivity contribution in [1.82, 2.24) is 10.3 Å². The van der Waals surface area contributed by atoms with Gasteiger partial charge >= 0.3 is 0 Å². The molecule has 17 heavy (non-hydrogen) atoms. The third-order valence-corrected chi connectivity index (χ3v) is 3.21. The summed E-state index contributed by atoms with van der Waals surface area (Å²) in [6.07, 6.45) is 2.64. The molecule has 0 unspecified atom stereocenters. The van der Waals surface area contributed by atoms with Crippen molar-refractivity contribution < 1.29 is 9.21 Å². The Morgan fingerprint density at radius 2 is 2.41 bits per heavy atom. The van der Waals surface area contributed by atoms with E-state index in [1.165, 1.54) is 0 Å². The van der Waals surface area contributed by atoms with Gasteiger partial charge in [-0.3, -0.25) is 4.79 Å². The van der Waals surface area contributed by atoms with Crippen LogP contribution in [0, 0.1) is 6.92 Å². The predicted molar refractivity (Wildman–Crippen MR) is 68.0 cm³/mol. The van der Waals surface area contributed by atoms with E-state index >= 15 is 0 Å². The molecule has 0 fully saturated rings. The molecule has 0 aliphatic carbocycles. The van der Waals surface area contributed by atoms with Gasteiger partial charge in [-0.1, -0.05) is 0 Å². The second kappa shape index (κ2) is 5.23. The summed E-state index contributed by atoms with van der Waals surface area (Å²) in [5.41, 5.74) is 2.02. The fraction of sp³-hybridized carbons (Fsp3) is 0.250. The SMILES string of the molecule is Cc1cc(C(=O)NCCc2ccc[nH]2)oc1Br. The molecule has 2 heterocycles. The summed E-state index contributed by atoms with van der Waals surface area (Å²) in [5.74, 6) is 0.145. The summed E-state index contributed by atoms with van der Waals surface area (Å²) in [7, 11) is 0. The molecule has 0 saturated heterocycles. The van der Waals surface area contributed by atoms with E-state index < -0.39 is 0 Å². The second-order valence-electron chi connectivity index (χ2n) is 3.77. The van der Waals surface area contributed by atoms with Crippen LogP contribution in [0.1, 0.15) is 21.8 Å². The van der Waals surface area contributed by atoms with Crippen LogP contribution >= 0.6 is 15.9 Å². The van der Waals surface area contributed by atoms with Crippen molar-refractivity contribution >= 4 is 21.8 Å². The van der Waals surface area contributed by atoms with Gasteiger partial charge in [0.25, 0.3) is 5.91 Å². The number of carbonyl (C=O) groups excluding carboxylic acids is 1. The Kier molecular flexibility index (Phi) is 3.68. The third kappa shape index (κ3) is 3.00. The highest BCUT2D eigenvalue weighted by molar-refractivity contribution is 9.10. The van der Waals surface area contributed by atoms with E-state index in [9.17, 15) is 4.79 Å². The van der Waals surface area contributed by atoms with Crippen molar-refractivity contribution in [2.75, 3.05) is 6.54 Å². The summed E-state index contributed by atoms with van der Waals surface area (Å²) >= 11 is 3.23. The van der Waals surface area contributed by atoms with Crippen LogP contribution in [0.2, 0.25) is 0 Å². The number of aryl methyl sites for hydroxylation is 1. The normalized spacial score (nSPS) is 10.5. The Morgan fingerprint density at radius 3 is 3.00 bits per heavy atom. The first kappa shape index (κ1) is 12.0. The van der Waals surface area contributed by atoms with Crippen molar-refractivity contribution in [1.29, 1.82) is 0 Å².